The molecule has 2 rings (SSSR count). The van der Waals surface area contributed by atoms with Gasteiger partial charge in [0.2, 0.25) is 0 Å². The maximum Gasteiger partial charge on any atom is 0.0689 e. The molecule has 2 fully saturated rings. The summed E-state index contributed by atoms with van der Waals surface area (Å²) in [7, 11) is 0. The van der Waals surface area contributed by atoms with Crippen LogP contribution in [0.2, 0.25) is 0 Å². The second-order valence-corrected chi connectivity index (χ2v) is 10.0. The van der Waals surface area contributed by atoms with Crippen molar-refractivity contribution in [3.63, 3.8) is 0 Å². The maximum absolute atomic E-state index is 9.63. The quantitative estimate of drug-likeness (QED) is 0.313. The minimum atomic E-state index is 0.0407. The highest BCUT2D eigenvalue weighted by molar-refractivity contribution is 5.02. The van der Waals surface area contributed by atoms with Gasteiger partial charge in [0.15, 0.2) is 0 Å². The number of hydrogen-bond donors (Lipinski definition) is 0. The van der Waals surface area contributed by atoms with Gasteiger partial charge in [-0.3, -0.25) is 0 Å². The van der Waals surface area contributed by atoms with Crippen molar-refractivity contribution in [2.45, 2.75) is 136 Å². The van der Waals surface area contributed by atoms with E-state index in [1.165, 1.54) is 116 Å². The van der Waals surface area contributed by atoms with Crippen LogP contribution < -0.4 is 0 Å². The third-order valence-electron chi connectivity index (χ3n) is 7.98. The summed E-state index contributed by atoms with van der Waals surface area (Å²) in [5, 5.41) is 9.63. The normalized spacial score (nSPS) is 31.5. The lowest BCUT2D eigenvalue weighted by molar-refractivity contribution is 0.115. The molecule has 0 unspecified atom stereocenters. The second-order valence-electron chi connectivity index (χ2n) is 10.0. The van der Waals surface area contributed by atoms with E-state index in [-0.39, 0.29) is 5.41 Å². The van der Waals surface area contributed by atoms with Crippen LogP contribution in [0.1, 0.15) is 136 Å². The van der Waals surface area contributed by atoms with Crippen LogP contribution in [0.5, 0.6) is 0 Å². The fraction of sp³-hybridized carbons (Fsp3) is 0.962. The third-order valence-corrected chi connectivity index (χ3v) is 7.98. The van der Waals surface area contributed by atoms with E-state index in [0.29, 0.717) is 0 Å². The molecule has 0 aromatic heterocycles. The molecule has 0 spiro atoms. The molecule has 0 radical (unpaired) electrons. The molecular formula is C26H47N. The zero-order chi connectivity index (χ0) is 19.4. The van der Waals surface area contributed by atoms with Crippen LogP contribution in [0.15, 0.2) is 0 Å². The number of rotatable bonds is 12. The molecule has 0 amide bonds. The molecule has 0 aromatic carbocycles. The van der Waals surface area contributed by atoms with Crippen LogP contribution in [-0.2, 0) is 0 Å². The Labute approximate surface area is 170 Å². The second kappa shape index (κ2) is 12.9. The molecule has 0 N–H and O–H groups in total. The van der Waals surface area contributed by atoms with E-state index in [1.54, 1.807) is 0 Å². The van der Waals surface area contributed by atoms with Gasteiger partial charge in [-0.05, 0) is 62.7 Å². The first kappa shape index (κ1) is 22.8. The molecule has 27 heavy (non-hydrogen) atoms. The van der Waals surface area contributed by atoms with Gasteiger partial charge in [-0.25, -0.2) is 0 Å². The average Bonchev–Trinajstić information content (AvgIpc) is 2.71. The largest absolute Gasteiger partial charge is 0.198 e. The SMILES string of the molecule is CCCCCCCCCCC1CCC([C@H]2CC[C@](C#N)(CCC)CC2)CC1. The molecule has 1 nitrogen and oxygen atoms in total. The molecule has 0 bridgehead atoms. The lowest BCUT2D eigenvalue weighted by Gasteiger charge is -2.40. The predicted octanol–water partition coefficient (Wildman–Crippen LogP) is 8.82. The van der Waals surface area contributed by atoms with Crippen molar-refractivity contribution in [2.75, 3.05) is 0 Å². The smallest absolute Gasteiger partial charge is 0.0689 e. The fourth-order valence-electron chi connectivity index (χ4n) is 6.08. The Bertz CT molecular complexity index is 404. The number of nitrogens with zero attached hydrogens (tertiary/aromatic N) is 1. The predicted molar refractivity (Wildman–Crippen MR) is 118 cm³/mol. The van der Waals surface area contributed by atoms with Gasteiger partial charge in [-0.1, -0.05) is 90.9 Å². The first-order chi connectivity index (χ1) is 13.2. The molecule has 0 atom stereocenters. The summed E-state index contributed by atoms with van der Waals surface area (Å²) in [6.07, 6.45) is 26.4. The molecule has 0 aliphatic heterocycles. The summed E-state index contributed by atoms with van der Waals surface area (Å²) in [6, 6.07) is 2.70. The van der Waals surface area contributed by atoms with Crippen molar-refractivity contribution in [1.29, 1.82) is 5.26 Å². The Morgan fingerprint density at radius 3 is 1.81 bits per heavy atom. The van der Waals surface area contributed by atoms with Crippen LogP contribution in [0.4, 0.5) is 0 Å². The van der Waals surface area contributed by atoms with Crippen LogP contribution in [0.25, 0.3) is 0 Å². The molecule has 2 saturated carbocycles. The zero-order valence-corrected chi connectivity index (χ0v) is 18.6. The van der Waals surface area contributed by atoms with Gasteiger partial charge in [-0.15, -0.1) is 0 Å². The molecule has 2 aliphatic carbocycles. The van der Waals surface area contributed by atoms with Gasteiger partial charge in [-0.2, -0.15) is 5.26 Å². The van der Waals surface area contributed by atoms with Crippen molar-refractivity contribution in [1.82, 2.24) is 0 Å². The Morgan fingerprint density at radius 2 is 1.26 bits per heavy atom. The van der Waals surface area contributed by atoms with E-state index < -0.39 is 0 Å². The molecule has 1 heteroatoms. The lowest BCUT2D eigenvalue weighted by atomic mass is 9.63. The summed E-state index contributed by atoms with van der Waals surface area (Å²) >= 11 is 0. The van der Waals surface area contributed by atoms with Gasteiger partial charge in [0.1, 0.15) is 0 Å². The van der Waals surface area contributed by atoms with Crippen molar-refractivity contribution >= 4 is 0 Å². The molecular weight excluding hydrogens is 326 g/mol. The summed E-state index contributed by atoms with van der Waals surface area (Å²) in [4.78, 5) is 0. The Balaban J connectivity index is 1.54. The minimum absolute atomic E-state index is 0.0407. The average molecular weight is 374 g/mol. The first-order valence-corrected chi connectivity index (χ1v) is 12.6. The monoisotopic (exact) mass is 373 g/mol. The van der Waals surface area contributed by atoms with E-state index in [4.69, 9.17) is 0 Å². The van der Waals surface area contributed by atoms with E-state index >= 15 is 0 Å². The van der Waals surface area contributed by atoms with Gasteiger partial charge in [0.25, 0.3) is 0 Å². The van der Waals surface area contributed by atoms with Gasteiger partial charge in [0, 0.05) is 0 Å². The summed E-state index contributed by atoms with van der Waals surface area (Å²) in [5.41, 5.74) is 0.0407. The van der Waals surface area contributed by atoms with Crippen molar-refractivity contribution in [2.24, 2.45) is 23.2 Å². The standard InChI is InChI=1S/C26H47N/c1-3-5-6-7-8-9-10-11-12-23-13-15-24(16-14-23)25-17-20-26(22-27,19-4-2)21-18-25/h23-25H,3-21H2,1-2H3/t23?,24?,25-,26+. The number of unbranched alkanes of at least 4 members (excludes halogenated alkanes) is 7. The van der Waals surface area contributed by atoms with Crippen molar-refractivity contribution < 1.29 is 0 Å². The van der Waals surface area contributed by atoms with E-state index in [1.807, 2.05) is 0 Å². The zero-order valence-electron chi connectivity index (χ0n) is 18.6. The minimum Gasteiger partial charge on any atom is -0.198 e. The van der Waals surface area contributed by atoms with E-state index in [0.717, 1.165) is 24.2 Å². The Hall–Kier alpha value is -0.510. The van der Waals surface area contributed by atoms with Crippen LogP contribution in [0.3, 0.4) is 0 Å². The van der Waals surface area contributed by atoms with Crippen LogP contribution in [0, 0.1) is 34.5 Å². The third kappa shape index (κ3) is 7.79. The van der Waals surface area contributed by atoms with E-state index in [9.17, 15) is 5.26 Å². The highest BCUT2D eigenvalue weighted by Gasteiger charge is 2.37. The Morgan fingerprint density at radius 1 is 0.704 bits per heavy atom. The molecule has 2 aliphatic rings. The summed E-state index contributed by atoms with van der Waals surface area (Å²) in [6.45, 7) is 4.54. The van der Waals surface area contributed by atoms with Crippen molar-refractivity contribution in [3.8, 4) is 6.07 Å². The molecule has 0 aromatic rings. The fourth-order valence-corrected chi connectivity index (χ4v) is 6.08. The van der Waals surface area contributed by atoms with Gasteiger partial charge in [0.05, 0.1) is 11.5 Å². The molecule has 0 saturated heterocycles. The van der Waals surface area contributed by atoms with Gasteiger partial charge < -0.3 is 0 Å². The summed E-state index contributed by atoms with van der Waals surface area (Å²) < 4.78 is 0. The van der Waals surface area contributed by atoms with Crippen molar-refractivity contribution in [3.05, 3.63) is 0 Å². The van der Waals surface area contributed by atoms with Crippen LogP contribution >= 0.6 is 0 Å². The number of hydrogen-bond acceptors (Lipinski definition) is 1. The highest BCUT2D eigenvalue weighted by atomic mass is 14.4. The molecule has 0 heterocycles. The van der Waals surface area contributed by atoms with Crippen LogP contribution in [-0.4, -0.2) is 0 Å². The maximum atomic E-state index is 9.63. The highest BCUT2D eigenvalue weighted by Crippen LogP contribution is 2.47. The Kier molecular flexibility index (Phi) is 10.8. The number of nitriles is 1. The van der Waals surface area contributed by atoms with E-state index in [2.05, 4.69) is 19.9 Å². The molecule has 156 valence electrons. The first-order valence-electron chi connectivity index (χ1n) is 12.6. The lowest BCUT2D eigenvalue weighted by Crippen LogP contribution is -2.31. The summed E-state index contributed by atoms with van der Waals surface area (Å²) in [5.74, 6) is 2.95. The van der Waals surface area contributed by atoms with Gasteiger partial charge >= 0.3 is 0 Å². The topological polar surface area (TPSA) is 23.8 Å².